The van der Waals surface area contributed by atoms with Crippen molar-refractivity contribution in [1.29, 1.82) is 0 Å². The van der Waals surface area contributed by atoms with E-state index in [1.807, 2.05) is 24.3 Å². The van der Waals surface area contributed by atoms with Crippen LogP contribution in [-0.4, -0.2) is 67.4 Å². The van der Waals surface area contributed by atoms with Crippen molar-refractivity contribution in [1.82, 2.24) is 14.9 Å². The summed E-state index contributed by atoms with van der Waals surface area (Å²) in [5, 5.41) is 0.997. The number of benzene rings is 1. The third-order valence-electron chi connectivity index (χ3n) is 4.14. The molecule has 2 heterocycles. The molecule has 128 valence electrons. The Morgan fingerprint density at radius 1 is 1.12 bits per heavy atom. The van der Waals surface area contributed by atoms with E-state index in [0.717, 1.165) is 23.0 Å². The number of carbonyl (C=O) groups excluding carboxylic acids is 1. The third kappa shape index (κ3) is 3.81. The maximum absolute atomic E-state index is 12.1. The lowest BCUT2D eigenvalue weighted by atomic mass is 10.2. The first kappa shape index (κ1) is 16.6. The van der Waals surface area contributed by atoms with Gasteiger partial charge in [0.2, 0.25) is 5.91 Å². The SMILES string of the molecule is CS(=O)(=O)CCC(=O)N1CCN(c2ncnc3ccccc23)CC1. The average Bonchev–Trinajstić information content (AvgIpc) is 2.59. The number of nitrogens with zero attached hydrogens (tertiary/aromatic N) is 4. The molecule has 7 nitrogen and oxygen atoms in total. The molecule has 0 bridgehead atoms. The normalized spacial score (nSPS) is 15.7. The van der Waals surface area contributed by atoms with Crippen LogP contribution in [0.3, 0.4) is 0 Å². The van der Waals surface area contributed by atoms with Crippen molar-refractivity contribution in [2.24, 2.45) is 0 Å². The smallest absolute Gasteiger partial charge is 0.223 e. The summed E-state index contributed by atoms with van der Waals surface area (Å²) in [6.07, 6.45) is 2.76. The van der Waals surface area contributed by atoms with Crippen molar-refractivity contribution >= 4 is 32.5 Å². The van der Waals surface area contributed by atoms with Gasteiger partial charge in [0.25, 0.3) is 0 Å². The molecule has 1 fully saturated rings. The van der Waals surface area contributed by atoms with Crippen molar-refractivity contribution in [2.75, 3.05) is 43.1 Å². The van der Waals surface area contributed by atoms with E-state index in [1.54, 1.807) is 11.2 Å². The molecule has 24 heavy (non-hydrogen) atoms. The Bertz CT molecular complexity index is 840. The first-order chi connectivity index (χ1) is 11.4. The highest BCUT2D eigenvalue weighted by Crippen LogP contribution is 2.23. The minimum atomic E-state index is -3.11. The topological polar surface area (TPSA) is 83.5 Å². The summed E-state index contributed by atoms with van der Waals surface area (Å²) in [6.45, 7) is 2.49. The molecule has 1 saturated heterocycles. The van der Waals surface area contributed by atoms with Crippen molar-refractivity contribution in [3.05, 3.63) is 30.6 Å². The van der Waals surface area contributed by atoms with E-state index in [4.69, 9.17) is 0 Å². The van der Waals surface area contributed by atoms with Crippen LogP contribution in [0, 0.1) is 0 Å². The zero-order chi connectivity index (χ0) is 17.2. The fraction of sp³-hybridized carbons (Fsp3) is 0.438. The van der Waals surface area contributed by atoms with Gasteiger partial charge in [-0.1, -0.05) is 12.1 Å². The molecule has 2 aromatic rings. The molecule has 0 unspecified atom stereocenters. The lowest BCUT2D eigenvalue weighted by Gasteiger charge is -2.35. The van der Waals surface area contributed by atoms with E-state index in [9.17, 15) is 13.2 Å². The maximum atomic E-state index is 12.1. The summed E-state index contributed by atoms with van der Waals surface area (Å²) in [6, 6.07) is 7.84. The molecule has 0 aliphatic carbocycles. The van der Waals surface area contributed by atoms with Gasteiger partial charge >= 0.3 is 0 Å². The van der Waals surface area contributed by atoms with Crippen LogP contribution < -0.4 is 4.90 Å². The lowest BCUT2D eigenvalue weighted by Crippen LogP contribution is -2.49. The van der Waals surface area contributed by atoms with E-state index in [0.29, 0.717) is 26.2 Å². The first-order valence-corrected chi connectivity index (χ1v) is 9.90. The van der Waals surface area contributed by atoms with Crippen LogP contribution in [0.2, 0.25) is 0 Å². The number of anilines is 1. The van der Waals surface area contributed by atoms with Crippen LogP contribution in [-0.2, 0) is 14.6 Å². The second kappa shape index (κ2) is 6.72. The number of para-hydroxylation sites is 1. The predicted octanol–water partition coefficient (Wildman–Crippen LogP) is 0.713. The molecule has 1 aromatic heterocycles. The van der Waals surface area contributed by atoms with Gasteiger partial charge in [-0.05, 0) is 12.1 Å². The molecule has 1 aromatic carbocycles. The second-order valence-corrected chi connectivity index (χ2v) is 8.22. The number of piperazine rings is 1. The summed E-state index contributed by atoms with van der Waals surface area (Å²) in [5.41, 5.74) is 0.897. The Kier molecular flexibility index (Phi) is 4.66. The fourth-order valence-electron chi connectivity index (χ4n) is 2.84. The van der Waals surface area contributed by atoms with Gasteiger partial charge in [0.15, 0.2) is 0 Å². The minimum Gasteiger partial charge on any atom is -0.352 e. The number of rotatable bonds is 4. The van der Waals surface area contributed by atoms with Gasteiger partial charge in [-0.2, -0.15) is 0 Å². The highest BCUT2D eigenvalue weighted by atomic mass is 32.2. The van der Waals surface area contributed by atoms with E-state index in [-0.39, 0.29) is 18.1 Å². The Morgan fingerprint density at radius 2 is 1.83 bits per heavy atom. The molecular weight excluding hydrogens is 328 g/mol. The van der Waals surface area contributed by atoms with Gasteiger partial charge in [0.05, 0.1) is 11.3 Å². The summed E-state index contributed by atoms with van der Waals surface area (Å²) >= 11 is 0. The lowest BCUT2D eigenvalue weighted by molar-refractivity contribution is -0.131. The Balaban J connectivity index is 1.65. The van der Waals surface area contributed by atoms with E-state index < -0.39 is 9.84 Å². The second-order valence-electron chi connectivity index (χ2n) is 5.96. The number of amides is 1. The fourth-order valence-corrected chi connectivity index (χ4v) is 3.39. The van der Waals surface area contributed by atoms with Crippen molar-refractivity contribution in [3.63, 3.8) is 0 Å². The predicted molar refractivity (Wildman–Crippen MR) is 92.7 cm³/mol. The van der Waals surface area contributed by atoms with Gasteiger partial charge < -0.3 is 9.80 Å². The molecule has 8 heteroatoms. The molecule has 1 aliphatic rings. The molecule has 0 N–H and O–H groups in total. The molecule has 0 saturated carbocycles. The largest absolute Gasteiger partial charge is 0.352 e. The van der Waals surface area contributed by atoms with E-state index in [1.165, 1.54) is 0 Å². The zero-order valence-electron chi connectivity index (χ0n) is 13.6. The van der Waals surface area contributed by atoms with Crippen molar-refractivity contribution in [3.8, 4) is 0 Å². The average molecular weight is 348 g/mol. The monoisotopic (exact) mass is 348 g/mol. The molecule has 0 atom stereocenters. The van der Waals surface area contributed by atoms with Crippen LogP contribution in [0.15, 0.2) is 30.6 Å². The molecule has 1 aliphatic heterocycles. The number of carbonyl (C=O) groups is 1. The van der Waals surface area contributed by atoms with Crippen molar-refractivity contribution in [2.45, 2.75) is 6.42 Å². The molecule has 1 amide bonds. The van der Waals surface area contributed by atoms with E-state index >= 15 is 0 Å². The number of sulfone groups is 1. The van der Waals surface area contributed by atoms with E-state index in [2.05, 4.69) is 14.9 Å². The molecular formula is C16H20N4O3S. The standard InChI is InChI=1S/C16H20N4O3S/c1-24(22,23)11-6-15(21)19-7-9-20(10-8-19)16-13-4-2-3-5-14(13)17-12-18-16/h2-5,12H,6-11H2,1H3. The Hall–Kier alpha value is -2.22. The van der Waals surface area contributed by atoms with Gasteiger partial charge in [0, 0.05) is 44.2 Å². The van der Waals surface area contributed by atoms with Gasteiger partial charge in [-0.3, -0.25) is 4.79 Å². The number of fused-ring (bicyclic) bond motifs is 1. The summed E-state index contributed by atoms with van der Waals surface area (Å²) in [4.78, 5) is 24.7. The van der Waals surface area contributed by atoms with Crippen LogP contribution >= 0.6 is 0 Å². The summed E-state index contributed by atoms with van der Waals surface area (Å²) in [5.74, 6) is 0.680. The Labute approximate surface area is 141 Å². The quantitative estimate of drug-likeness (QED) is 0.809. The first-order valence-electron chi connectivity index (χ1n) is 7.84. The van der Waals surface area contributed by atoms with Crippen LogP contribution in [0.1, 0.15) is 6.42 Å². The van der Waals surface area contributed by atoms with Gasteiger partial charge in [-0.25, -0.2) is 18.4 Å². The maximum Gasteiger partial charge on any atom is 0.223 e. The van der Waals surface area contributed by atoms with Crippen molar-refractivity contribution < 1.29 is 13.2 Å². The van der Waals surface area contributed by atoms with Crippen LogP contribution in [0.5, 0.6) is 0 Å². The van der Waals surface area contributed by atoms with Gasteiger partial charge in [-0.15, -0.1) is 0 Å². The molecule has 0 radical (unpaired) electrons. The molecule has 0 spiro atoms. The summed E-state index contributed by atoms with van der Waals surface area (Å²) < 4.78 is 22.4. The molecule has 3 rings (SSSR count). The van der Waals surface area contributed by atoms with Gasteiger partial charge in [0.1, 0.15) is 22.0 Å². The third-order valence-corrected chi connectivity index (χ3v) is 5.09. The summed E-state index contributed by atoms with van der Waals surface area (Å²) in [7, 11) is -3.11. The Morgan fingerprint density at radius 3 is 2.54 bits per heavy atom. The van der Waals surface area contributed by atoms with Crippen LogP contribution in [0.4, 0.5) is 5.82 Å². The minimum absolute atomic E-state index is 0.0509. The van der Waals surface area contributed by atoms with Crippen LogP contribution in [0.25, 0.3) is 10.9 Å². The number of hydrogen-bond acceptors (Lipinski definition) is 6. The number of hydrogen-bond donors (Lipinski definition) is 0. The highest BCUT2D eigenvalue weighted by Gasteiger charge is 2.23. The highest BCUT2D eigenvalue weighted by molar-refractivity contribution is 7.90. The zero-order valence-corrected chi connectivity index (χ0v) is 14.4. The number of aromatic nitrogens is 2.